The Labute approximate surface area is 149 Å². The minimum absolute atomic E-state index is 0.153. The normalized spacial score (nSPS) is 25.5. The van der Waals surface area contributed by atoms with E-state index in [4.69, 9.17) is 21.7 Å². The van der Waals surface area contributed by atoms with Gasteiger partial charge in [-0.15, -0.1) is 13.2 Å². The van der Waals surface area contributed by atoms with Crippen molar-refractivity contribution < 1.29 is 32.2 Å². The maximum Gasteiger partial charge on any atom is 0.573 e. The van der Waals surface area contributed by atoms with Crippen LogP contribution in [0.3, 0.4) is 0 Å². The van der Waals surface area contributed by atoms with Crippen molar-refractivity contribution in [3.63, 3.8) is 0 Å². The molecule has 3 heterocycles. The highest BCUT2D eigenvalue weighted by Crippen LogP contribution is 2.32. The molecule has 0 N–H and O–H groups in total. The Balaban J connectivity index is 1.60. The third-order valence-electron chi connectivity index (χ3n) is 4.04. The van der Waals surface area contributed by atoms with Crippen LogP contribution in [0.1, 0.15) is 12.5 Å². The van der Waals surface area contributed by atoms with Gasteiger partial charge >= 0.3 is 6.36 Å². The van der Waals surface area contributed by atoms with Gasteiger partial charge in [-0.2, -0.15) is 4.68 Å². The van der Waals surface area contributed by atoms with E-state index in [1.165, 1.54) is 21.5 Å². The number of ketones is 1. The molecule has 2 fully saturated rings. The molecule has 0 radical (unpaired) electrons. The first-order chi connectivity index (χ1) is 12.3. The summed E-state index contributed by atoms with van der Waals surface area (Å²) >= 11 is 5.34. The van der Waals surface area contributed by atoms with Gasteiger partial charge in [0.05, 0.1) is 18.3 Å². The smallest absolute Gasteiger partial charge is 0.406 e. The second-order valence-electron chi connectivity index (χ2n) is 5.74. The van der Waals surface area contributed by atoms with Crippen LogP contribution >= 0.6 is 12.2 Å². The molecule has 4 rings (SSSR count). The fourth-order valence-corrected chi connectivity index (χ4v) is 3.20. The van der Waals surface area contributed by atoms with Gasteiger partial charge < -0.3 is 14.2 Å². The Bertz CT molecular complexity index is 895. The predicted octanol–water partition coefficient (Wildman–Crippen LogP) is 1.95. The number of fused-ring (bicyclic) bond motifs is 2. The Hall–Kier alpha value is -2.31. The molecule has 8 nitrogen and oxygen atoms in total. The number of carbonyl (C=O) groups excluding carboxylic acids is 1. The van der Waals surface area contributed by atoms with E-state index in [0.29, 0.717) is 5.69 Å². The number of tetrazole rings is 1. The number of rotatable bonds is 3. The number of benzene rings is 1. The second-order valence-corrected chi connectivity index (χ2v) is 6.10. The van der Waals surface area contributed by atoms with Gasteiger partial charge in [0.15, 0.2) is 5.78 Å². The summed E-state index contributed by atoms with van der Waals surface area (Å²) in [5.74, 6) is -0.561. The summed E-state index contributed by atoms with van der Waals surface area (Å²) in [5.41, 5.74) is 0.402. The van der Waals surface area contributed by atoms with Crippen LogP contribution in [0.25, 0.3) is 5.69 Å². The van der Waals surface area contributed by atoms with Crippen LogP contribution < -0.4 is 4.74 Å². The quantitative estimate of drug-likeness (QED) is 0.744. The molecule has 2 aromatic rings. The molecule has 0 unspecified atom stereocenters. The van der Waals surface area contributed by atoms with E-state index in [0.717, 1.165) is 12.1 Å². The Morgan fingerprint density at radius 3 is 2.65 bits per heavy atom. The highest BCUT2D eigenvalue weighted by molar-refractivity contribution is 7.71. The minimum atomic E-state index is -4.77. The average Bonchev–Trinajstić information content (AvgIpc) is 3.16. The van der Waals surface area contributed by atoms with Crippen LogP contribution in [0.5, 0.6) is 5.75 Å². The van der Waals surface area contributed by atoms with Gasteiger partial charge in [-0.25, -0.2) is 4.68 Å². The summed E-state index contributed by atoms with van der Waals surface area (Å²) in [6.45, 7) is 0.249. The van der Waals surface area contributed by atoms with E-state index >= 15 is 0 Å². The van der Waals surface area contributed by atoms with E-state index in [1.807, 2.05) is 0 Å². The third-order valence-corrected chi connectivity index (χ3v) is 4.40. The summed E-state index contributed by atoms with van der Waals surface area (Å²) in [4.78, 5) is 11.9. The number of hydrogen-bond donors (Lipinski definition) is 0. The van der Waals surface area contributed by atoms with E-state index < -0.39 is 18.7 Å². The van der Waals surface area contributed by atoms with Crippen molar-refractivity contribution in [1.29, 1.82) is 0 Å². The summed E-state index contributed by atoms with van der Waals surface area (Å²) in [5, 5.41) is 7.90. The van der Waals surface area contributed by atoms with Crippen molar-refractivity contribution in [3.8, 4) is 11.4 Å². The first kappa shape index (κ1) is 17.1. The molecule has 0 spiro atoms. The zero-order valence-electron chi connectivity index (χ0n) is 12.9. The molecule has 1 aromatic heterocycles. The minimum Gasteiger partial charge on any atom is -0.406 e. The number of Topliss-reactive ketones (excluding diaryl/α,β-unsaturated/α-hetero) is 1. The molecule has 12 heteroatoms. The highest BCUT2D eigenvalue weighted by atomic mass is 32.1. The lowest BCUT2D eigenvalue weighted by atomic mass is 10.0. The van der Waals surface area contributed by atoms with E-state index in [1.54, 1.807) is 0 Å². The van der Waals surface area contributed by atoms with Crippen LogP contribution in [-0.2, 0) is 14.3 Å². The maximum atomic E-state index is 12.2. The lowest BCUT2D eigenvalue weighted by molar-refractivity contribution is -0.274. The van der Waals surface area contributed by atoms with Crippen LogP contribution in [0.4, 0.5) is 13.2 Å². The summed E-state index contributed by atoms with van der Waals surface area (Å²) < 4.78 is 54.1. The topological polar surface area (TPSA) is 80.4 Å². The summed E-state index contributed by atoms with van der Waals surface area (Å²) in [6, 6.07) is 4.58. The maximum absolute atomic E-state index is 12.2. The van der Waals surface area contributed by atoms with Crippen molar-refractivity contribution >= 4 is 18.0 Å². The number of carbonyl (C=O) groups is 1. The van der Waals surface area contributed by atoms with Crippen molar-refractivity contribution in [2.24, 2.45) is 0 Å². The summed E-state index contributed by atoms with van der Waals surface area (Å²) in [6.07, 6.45) is -5.81. The molecule has 3 atom stereocenters. The molecule has 2 aliphatic rings. The highest BCUT2D eigenvalue weighted by Gasteiger charge is 2.45. The van der Waals surface area contributed by atoms with Gasteiger partial charge in [0.1, 0.15) is 11.9 Å². The number of aromatic nitrogens is 4. The standard InChI is InChI=1S/C14H11F3N4O4S/c15-14(16,17)25-8-3-1-7(2-4-8)20-13(26)21(19-18-20)9-5-10(22)12-23-6-11(9)24-12/h1-4,9,11-12H,5-6H2/t9-,11-,12-/m0/s1. The van der Waals surface area contributed by atoms with Crippen LogP contribution in [0.2, 0.25) is 0 Å². The molecule has 2 bridgehead atoms. The Kier molecular flexibility index (Phi) is 4.04. The van der Waals surface area contributed by atoms with Crippen molar-refractivity contribution in [2.45, 2.75) is 31.2 Å². The first-order valence-electron chi connectivity index (χ1n) is 7.52. The average molecular weight is 388 g/mol. The molecular weight excluding hydrogens is 377 g/mol. The molecule has 138 valence electrons. The largest absolute Gasteiger partial charge is 0.573 e. The Morgan fingerprint density at radius 2 is 1.96 bits per heavy atom. The molecular formula is C14H11F3N4O4S. The van der Waals surface area contributed by atoms with Crippen molar-refractivity contribution in [2.75, 3.05) is 6.61 Å². The third kappa shape index (κ3) is 3.10. The SMILES string of the molecule is O=C1C[C@H](n2nnn(-c3ccc(OC(F)(F)F)cc3)c2=S)[C@@H]2CO[C@H]1O2. The van der Waals surface area contributed by atoms with Crippen LogP contribution in [0.15, 0.2) is 24.3 Å². The van der Waals surface area contributed by atoms with Gasteiger partial charge in [-0.1, -0.05) is 0 Å². The molecule has 26 heavy (non-hydrogen) atoms. The number of ether oxygens (including phenoxy) is 3. The molecule has 0 saturated carbocycles. The van der Waals surface area contributed by atoms with Gasteiger partial charge in [-0.3, -0.25) is 4.79 Å². The predicted molar refractivity (Wildman–Crippen MR) is 80.1 cm³/mol. The molecule has 2 saturated heterocycles. The van der Waals surface area contributed by atoms with Crippen molar-refractivity contribution in [1.82, 2.24) is 19.8 Å². The van der Waals surface area contributed by atoms with Crippen LogP contribution in [0, 0.1) is 4.77 Å². The fraction of sp³-hybridized carbons (Fsp3) is 0.429. The molecule has 2 aliphatic heterocycles. The van der Waals surface area contributed by atoms with E-state index in [-0.39, 0.29) is 35.4 Å². The summed E-state index contributed by atoms with van der Waals surface area (Å²) in [7, 11) is 0. The number of nitrogens with zero attached hydrogens (tertiary/aromatic N) is 4. The molecule has 0 aliphatic carbocycles. The number of halogens is 3. The monoisotopic (exact) mass is 388 g/mol. The number of hydrogen-bond acceptors (Lipinski definition) is 7. The zero-order valence-corrected chi connectivity index (χ0v) is 13.7. The Morgan fingerprint density at radius 1 is 1.23 bits per heavy atom. The van der Waals surface area contributed by atoms with Crippen LogP contribution in [-0.4, -0.2) is 50.9 Å². The fourth-order valence-electron chi connectivity index (χ4n) is 2.88. The first-order valence-corrected chi connectivity index (χ1v) is 7.93. The van der Waals surface area contributed by atoms with Crippen molar-refractivity contribution in [3.05, 3.63) is 29.0 Å². The lowest BCUT2D eigenvalue weighted by Crippen LogP contribution is -2.37. The molecule has 1 aromatic carbocycles. The van der Waals surface area contributed by atoms with Gasteiger partial charge in [-0.05, 0) is 46.9 Å². The van der Waals surface area contributed by atoms with Gasteiger partial charge in [0, 0.05) is 6.42 Å². The number of alkyl halides is 3. The second kappa shape index (κ2) is 6.14. The lowest BCUT2D eigenvalue weighted by Gasteiger charge is -2.25. The molecule has 0 amide bonds. The van der Waals surface area contributed by atoms with Gasteiger partial charge in [0.25, 0.3) is 0 Å². The van der Waals surface area contributed by atoms with E-state index in [9.17, 15) is 18.0 Å². The van der Waals surface area contributed by atoms with Gasteiger partial charge in [0.2, 0.25) is 11.1 Å². The van der Waals surface area contributed by atoms with E-state index in [2.05, 4.69) is 15.2 Å². The zero-order chi connectivity index (χ0) is 18.5.